The molecule has 0 radical (unpaired) electrons. The fourth-order valence-electron chi connectivity index (χ4n) is 3.10. The molecular formula is C16H18F2N8O3S. The standard InChI is InChI=1S/C16H18F2N8O3S/c17-16(18)11-1-2-14-20-7-13(26(14)24-11)12-5-15(22-9-21-12)25-3-4-29-10(8-25)6-23-30(19,27)28/h1-2,5,7,9-10,16,23H,3-4,6,8H2,(H2,19,27,28). The van der Waals surface area contributed by atoms with Crippen molar-refractivity contribution >= 4 is 21.7 Å². The molecule has 1 saturated heterocycles. The van der Waals surface area contributed by atoms with Crippen molar-refractivity contribution in [1.29, 1.82) is 0 Å². The third-order valence-corrected chi connectivity index (χ3v) is 5.07. The summed E-state index contributed by atoms with van der Waals surface area (Å²) in [4.78, 5) is 14.6. The second kappa shape index (κ2) is 8.14. The molecule has 160 valence electrons. The van der Waals surface area contributed by atoms with Crippen LogP contribution in [0.1, 0.15) is 12.1 Å². The normalized spacial score (nSPS) is 17.7. The van der Waals surface area contributed by atoms with Gasteiger partial charge in [0.1, 0.15) is 23.5 Å². The maximum atomic E-state index is 13.0. The lowest BCUT2D eigenvalue weighted by Crippen LogP contribution is -2.48. The first-order valence-electron chi connectivity index (χ1n) is 8.89. The molecule has 30 heavy (non-hydrogen) atoms. The zero-order chi connectivity index (χ0) is 21.3. The van der Waals surface area contributed by atoms with Gasteiger partial charge >= 0.3 is 0 Å². The van der Waals surface area contributed by atoms with Crippen molar-refractivity contribution in [2.45, 2.75) is 12.5 Å². The van der Waals surface area contributed by atoms with Crippen LogP contribution in [0, 0.1) is 0 Å². The highest BCUT2D eigenvalue weighted by atomic mass is 32.2. The number of nitrogens with zero attached hydrogens (tertiary/aromatic N) is 6. The molecule has 4 rings (SSSR count). The summed E-state index contributed by atoms with van der Waals surface area (Å²) in [6, 6.07) is 4.38. The fourth-order valence-corrected chi connectivity index (χ4v) is 3.52. The van der Waals surface area contributed by atoms with E-state index in [1.165, 1.54) is 29.2 Å². The van der Waals surface area contributed by atoms with Crippen molar-refractivity contribution < 1.29 is 21.9 Å². The summed E-state index contributed by atoms with van der Waals surface area (Å²) in [6.45, 7) is 1.30. The Kier molecular flexibility index (Phi) is 5.55. The smallest absolute Gasteiger partial charge is 0.282 e. The molecule has 1 aliphatic rings. The van der Waals surface area contributed by atoms with E-state index in [1.807, 2.05) is 4.90 Å². The topological polar surface area (TPSA) is 141 Å². The van der Waals surface area contributed by atoms with Gasteiger partial charge < -0.3 is 9.64 Å². The number of rotatable bonds is 6. The quantitative estimate of drug-likeness (QED) is 0.551. The van der Waals surface area contributed by atoms with E-state index < -0.39 is 22.7 Å². The summed E-state index contributed by atoms with van der Waals surface area (Å²) in [6.07, 6.45) is -0.265. The number of hydrogen-bond acceptors (Lipinski definition) is 8. The van der Waals surface area contributed by atoms with Crippen LogP contribution < -0.4 is 14.8 Å². The summed E-state index contributed by atoms with van der Waals surface area (Å²) < 4.78 is 57.3. The van der Waals surface area contributed by atoms with Crippen LogP contribution in [0.25, 0.3) is 17.0 Å². The first kappa shape index (κ1) is 20.5. The minimum Gasteiger partial charge on any atom is -0.373 e. The molecule has 0 amide bonds. The molecular weight excluding hydrogens is 422 g/mol. The highest BCUT2D eigenvalue weighted by Gasteiger charge is 2.23. The highest BCUT2D eigenvalue weighted by Crippen LogP contribution is 2.24. The number of fused-ring (bicyclic) bond motifs is 1. The van der Waals surface area contributed by atoms with Crippen LogP contribution in [0.5, 0.6) is 0 Å². The number of anilines is 1. The van der Waals surface area contributed by atoms with E-state index in [2.05, 4.69) is 24.8 Å². The maximum absolute atomic E-state index is 13.0. The van der Waals surface area contributed by atoms with Gasteiger partial charge in [0, 0.05) is 25.7 Å². The molecule has 1 atom stereocenters. The number of ether oxygens (including phenoxy) is 1. The number of morpholine rings is 1. The Labute approximate surface area is 170 Å². The number of alkyl halides is 2. The molecule has 1 unspecified atom stereocenters. The average molecular weight is 440 g/mol. The predicted molar refractivity (Wildman–Crippen MR) is 102 cm³/mol. The summed E-state index contributed by atoms with van der Waals surface area (Å²) in [5, 5.41) is 8.90. The lowest BCUT2D eigenvalue weighted by Gasteiger charge is -2.33. The second-order valence-electron chi connectivity index (χ2n) is 6.57. The van der Waals surface area contributed by atoms with Crippen molar-refractivity contribution in [3.63, 3.8) is 0 Å². The van der Waals surface area contributed by atoms with E-state index in [1.54, 1.807) is 6.07 Å². The van der Waals surface area contributed by atoms with Gasteiger partial charge in [-0.1, -0.05) is 0 Å². The number of nitrogens with one attached hydrogen (secondary N) is 1. The van der Waals surface area contributed by atoms with E-state index >= 15 is 0 Å². The zero-order valence-corrected chi connectivity index (χ0v) is 16.3. The van der Waals surface area contributed by atoms with Gasteiger partial charge in [0.15, 0.2) is 5.65 Å². The van der Waals surface area contributed by atoms with Crippen molar-refractivity contribution in [2.24, 2.45) is 5.14 Å². The molecule has 11 nitrogen and oxygen atoms in total. The Balaban J connectivity index is 1.59. The minimum atomic E-state index is -3.82. The van der Waals surface area contributed by atoms with Crippen molar-refractivity contribution in [1.82, 2.24) is 29.3 Å². The Morgan fingerprint density at radius 2 is 2.13 bits per heavy atom. The summed E-state index contributed by atoms with van der Waals surface area (Å²) in [7, 11) is -3.82. The molecule has 0 aliphatic carbocycles. The van der Waals surface area contributed by atoms with Gasteiger partial charge in [0.2, 0.25) is 0 Å². The first-order valence-corrected chi connectivity index (χ1v) is 10.4. The van der Waals surface area contributed by atoms with Gasteiger partial charge in [-0.2, -0.15) is 18.2 Å². The van der Waals surface area contributed by atoms with Gasteiger partial charge in [-0.25, -0.2) is 33.4 Å². The van der Waals surface area contributed by atoms with Gasteiger partial charge in [-0.15, -0.1) is 0 Å². The van der Waals surface area contributed by atoms with Gasteiger partial charge in [-0.05, 0) is 12.1 Å². The lowest BCUT2D eigenvalue weighted by atomic mass is 10.2. The zero-order valence-electron chi connectivity index (χ0n) is 15.5. The number of halogens is 2. The molecule has 0 bridgehead atoms. The Hall–Kier alpha value is -2.81. The molecule has 3 N–H and O–H groups in total. The van der Waals surface area contributed by atoms with Crippen LogP contribution in [0.4, 0.5) is 14.6 Å². The largest absolute Gasteiger partial charge is 0.373 e. The van der Waals surface area contributed by atoms with Gasteiger partial charge in [0.25, 0.3) is 16.6 Å². The van der Waals surface area contributed by atoms with Gasteiger partial charge in [-0.3, -0.25) is 0 Å². The van der Waals surface area contributed by atoms with Crippen molar-refractivity contribution in [3.05, 3.63) is 36.4 Å². The molecule has 3 aromatic rings. The molecule has 0 aromatic carbocycles. The van der Waals surface area contributed by atoms with Crippen LogP contribution in [-0.2, 0) is 14.9 Å². The first-order chi connectivity index (χ1) is 14.3. The summed E-state index contributed by atoms with van der Waals surface area (Å²) in [5.74, 6) is 0.573. The number of imidazole rings is 1. The van der Waals surface area contributed by atoms with Crippen LogP contribution in [0.2, 0.25) is 0 Å². The van der Waals surface area contributed by atoms with E-state index in [9.17, 15) is 17.2 Å². The average Bonchev–Trinajstić information content (AvgIpc) is 3.15. The second-order valence-corrected chi connectivity index (χ2v) is 7.94. The van der Waals surface area contributed by atoms with Crippen molar-refractivity contribution in [3.8, 4) is 11.4 Å². The summed E-state index contributed by atoms with van der Waals surface area (Å²) in [5.41, 5.74) is 0.943. The SMILES string of the molecule is NS(=O)(=O)NCC1CN(c2cc(-c3cnc4ccc(C(F)F)nn34)ncn2)CCO1. The van der Waals surface area contributed by atoms with Crippen LogP contribution in [-0.4, -0.2) is 65.3 Å². The number of nitrogens with two attached hydrogens (primary N) is 1. The van der Waals surface area contributed by atoms with E-state index in [-0.39, 0.29) is 12.2 Å². The predicted octanol–water partition coefficient (Wildman–Crippen LogP) is 0.122. The third-order valence-electron chi connectivity index (χ3n) is 4.50. The van der Waals surface area contributed by atoms with Crippen LogP contribution in [0.15, 0.2) is 30.7 Å². The molecule has 14 heteroatoms. The minimum absolute atomic E-state index is 0.0286. The summed E-state index contributed by atoms with van der Waals surface area (Å²) >= 11 is 0. The van der Waals surface area contributed by atoms with E-state index in [4.69, 9.17) is 9.88 Å². The monoisotopic (exact) mass is 440 g/mol. The van der Waals surface area contributed by atoms with Crippen LogP contribution in [0.3, 0.4) is 0 Å². The Bertz CT molecular complexity index is 1160. The molecule has 0 saturated carbocycles. The van der Waals surface area contributed by atoms with Crippen LogP contribution >= 0.6 is 0 Å². The molecule has 4 heterocycles. The number of hydrogen-bond donors (Lipinski definition) is 2. The maximum Gasteiger partial charge on any atom is 0.282 e. The Morgan fingerprint density at radius 3 is 2.90 bits per heavy atom. The third kappa shape index (κ3) is 4.51. The Morgan fingerprint density at radius 1 is 1.30 bits per heavy atom. The fraction of sp³-hybridized carbons (Fsp3) is 0.375. The van der Waals surface area contributed by atoms with Crippen molar-refractivity contribution in [2.75, 3.05) is 31.1 Å². The lowest BCUT2D eigenvalue weighted by molar-refractivity contribution is 0.0440. The van der Waals surface area contributed by atoms with Gasteiger partial charge in [0.05, 0.1) is 24.6 Å². The number of aromatic nitrogens is 5. The highest BCUT2D eigenvalue weighted by molar-refractivity contribution is 7.87. The van der Waals surface area contributed by atoms with E-state index in [0.717, 1.165) is 0 Å². The molecule has 3 aromatic heterocycles. The molecule has 1 fully saturated rings. The molecule has 0 spiro atoms. The van der Waals surface area contributed by atoms with E-state index in [0.29, 0.717) is 42.5 Å². The molecule has 1 aliphatic heterocycles.